The van der Waals surface area contributed by atoms with Crippen molar-refractivity contribution in [1.29, 1.82) is 0 Å². The average Bonchev–Trinajstić information content (AvgIpc) is 3.09. The smallest absolute Gasteiger partial charge is 0.235 e. The zero-order chi connectivity index (χ0) is 16.8. The van der Waals surface area contributed by atoms with Crippen molar-refractivity contribution in [2.45, 2.75) is 0 Å². The Kier molecular flexibility index (Phi) is 2.99. The fourth-order valence-electron chi connectivity index (χ4n) is 2.79. The Morgan fingerprint density at radius 1 is 1.21 bits per heavy atom. The Hall–Kier alpha value is -3.41. The highest BCUT2D eigenvalue weighted by Crippen LogP contribution is 2.40. The number of aromatic hydroxyl groups is 2. The van der Waals surface area contributed by atoms with Crippen LogP contribution in [-0.2, 0) is 0 Å². The van der Waals surface area contributed by atoms with Crippen LogP contribution in [0.2, 0.25) is 0 Å². The molecule has 3 aromatic rings. The van der Waals surface area contributed by atoms with Gasteiger partial charge in [-0.25, -0.2) is 0 Å². The minimum absolute atomic E-state index is 0.0561. The van der Waals surface area contributed by atoms with Crippen molar-refractivity contribution in [1.82, 2.24) is 4.98 Å². The number of hydrogen-bond acceptors (Lipinski definition) is 5. The number of methoxy groups -OCH3 is 1. The maximum atomic E-state index is 12.4. The van der Waals surface area contributed by atoms with Gasteiger partial charge in [-0.15, -0.1) is 0 Å². The van der Waals surface area contributed by atoms with Crippen molar-refractivity contribution in [3.05, 3.63) is 53.4 Å². The van der Waals surface area contributed by atoms with Crippen LogP contribution in [0.4, 0.5) is 0 Å². The maximum absolute atomic E-state index is 12.4. The number of hydrogen-bond donors (Lipinski definition) is 3. The number of carbonyl (C=O) groups is 1. The van der Waals surface area contributed by atoms with Gasteiger partial charge in [0.05, 0.1) is 7.11 Å². The Bertz CT molecular complexity index is 1020. The van der Waals surface area contributed by atoms with Crippen molar-refractivity contribution < 1.29 is 24.5 Å². The van der Waals surface area contributed by atoms with E-state index in [1.54, 1.807) is 19.4 Å². The van der Waals surface area contributed by atoms with Crippen molar-refractivity contribution in [2.75, 3.05) is 7.11 Å². The van der Waals surface area contributed by atoms with Crippen LogP contribution in [0.5, 0.6) is 23.0 Å². The molecule has 4 rings (SSSR count). The molecule has 1 aliphatic rings. The standard InChI is InChI=1S/C18H13NO5/c1-23-11-2-3-12-9(8-19-13(12)7-11)4-16-18(22)17-14(21)5-10(20)6-15(17)24-16/h2-8,19-21H,1H3. The first kappa shape index (κ1) is 14.2. The highest BCUT2D eigenvalue weighted by Gasteiger charge is 2.31. The second kappa shape index (κ2) is 5.06. The molecule has 120 valence electrons. The highest BCUT2D eigenvalue weighted by atomic mass is 16.5. The van der Waals surface area contributed by atoms with Crippen molar-refractivity contribution in [3.8, 4) is 23.0 Å². The minimum Gasteiger partial charge on any atom is -0.508 e. The van der Waals surface area contributed by atoms with Crippen molar-refractivity contribution >= 4 is 22.8 Å². The molecular weight excluding hydrogens is 310 g/mol. The molecule has 2 heterocycles. The predicted molar refractivity (Wildman–Crippen MR) is 87.6 cm³/mol. The van der Waals surface area contributed by atoms with Gasteiger partial charge in [-0.05, 0) is 18.2 Å². The summed E-state index contributed by atoms with van der Waals surface area (Å²) in [4.78, 5) is 15.5. The van der Waals surface area contributed by atoms with E-state index in [1.165, 1.54) is 6.07 Å². The third-order valence-corrected chi connectivity index (χ3v) is 3.94. The summed E-state index contributed by atoms with van der Waals surface area (Å²) in [7, 11) is 1.59. The largest absolute Gasteiger partial charge is 0.508 e. The van der Waals surface area contributed by atoms with Crippen LogP contribution in [0, 0.1) is 0 Å². The molecule has 6 nitrogen and oxygen atoms in total. The SMILES string of the molecule is COc1ccc2c(C=C3Oc4cc(O)cc(O)c4C3=O)c[nH]c2c1. The zero-order valence-electron chi connectivity index (χ0n) is 12.7. The van der Waals surface area contributed by atoms with E-state index in [1.807, 2.05) is 18.2 Å². The number of aromatic amines is 1. The summed E-state index contributed by atoms with van der Waals surface area (Å²) >= 11 is 0. The number of H-pyrrole nitrogens is 1. The molecule has 1 aromatic heterocycles. The van der Waals surface area contributed by atoms with Crippen LogP contribution in [0.1, 0.15) is 15.9 Å². The molecule has 0 atom stereocenters. The molecule has 0 fully saturated rings. The number of benzene rings is 2. The van der Waals surface area contributed by atoms with E-state index >= 15 is 0 Å². The number of allylic oxidation sites excluding steroid dienone is 1. The van der Waals surface area contributed by atoms with Gasteiger partial charge in [0.15, 0.2) is 5.76 Å². The minimum atomic E-state index is -0.426. The van der Waals surface area contributed by atoms with E-state index in [4.69, 9.17) is 9.47 Å². The lowest BCUT2D eigenvalue weighted by molar-refractivity contribution is 0.101. The number of ketones is 1. The Morgan fingerprint density at radius 3 is 2.83 bits per heavy atom. The number of phenols is 2. The van der Waals surface area contributed by atoms with E-state index in [0.717, 1.165) is 28.3 Å². The van der Waals surface area contributed by atoms with Gasteiger partial charge in [0.2, 0.25) is 5.78 Å². The number of nitrogens with one attached hydrogen (secondary N) is 1. The second-order valence-electron chi connectivity index (χ2n) is 5.43. The lowest BCUT2D eigenvalue weighted by atomic mass is 10.1. The van der Waals surface area contributed by atoms with E-state index in [-0.39, 0.29) is 28.6 Å². The summed E-state index contributed by atoms with van der Waals surface area (Å²) in [6.45, 7) is 0. The molecule has 0 radical (unpaired) electrons. The number of ether oxygens (including phenoxy) is 2. The van der Waals surface area contributed by atoms with Crippen LogP contribution < -0.4 is 9.47 Å². The van der Waals surface area contributed by atoms with Crippen LogP contribution in [-0.4, -0.2) is 28.1 Å². The zero-order valence-corrected chi connectivity index (χ0v) is 12.7. The number of carbonyl (C=O) groups excluding carboxylic acids is 1. The molecule has 0 saturated carbocycles. The normalized spacial score (nSPS) is 14.9. The first-order chi connectivity index (χ1) is 11.6. The molecule has 0 amide bonds. The van der Waals surface area contributed by atoms with E-state index < -0.39 is 5.78 Å². The van der Waals surface area contributed by atoms with Gasteiger partial charge in [0.1, 0.15) is 28.6 Å². The monoisotopic (exact) mass is 323 g/mol. The fraction of sp³-hybridized carbons (Fsp3) is 0.0556. The summed E-state index contributed by atoms with van der Waals surface area (Å²) in [5.41, 5.74) is 1.69. The van der Waals surface area contributed by atoms with Crippen molar-refractivity contribution in [3.63, 3.8) is 0 Å². The van der Waals surface area contributed by atoms with E-state index in [2.05, 4.69) is 4.98 Å². The lowest BCUT2D eigenvalue weighted by Crippen LogP contribution is -1.98. The summed E-state index contributed by atoms with van der Waals surface area (Å²) in [6.07, 6.45) is 3.36. The summed E-state index contributed by atoms with van der Waals surface area (Å²) in [6, 6.07) is 7.98. The van der Waals surface area contributed by atoms with Gasteiger partial charge in [-0.3, -0.25) is 4.79 Å². The molecular formula is C18H13NO5. The second-order valence-corrected chi connectivity index (χ2v) is 5.43. The molecule has 1 aliphatic heterocycles. The third-order valence-electron chi connectivity index (χ3n) is 3.94. The van der Waals surface area contributed by atoms with Gasteiger partial charge in [0, 0.05) is 40.9 Å². The molecule has 0 aliphatic carbocycles. The summed E-state index contributed by atoms with van der Waals surface area (Å²) in [5, 5.41) is 20.3. The molecule has 24 heavy (non-hydrogen) atoms. The van der Waals surface area contributed by atoms with Gasteiger partial charge in [-0.1, -0.05) is 0 Å². The van der Waals surface area contributed by atoms with E-state index in [0.29, 0.717) is 0 Å². The maximum Gasteiger partial charge on any atom is 0.235 e. The Labute approximate surface area is 136 Å². The predicted octanol–water partition coefficient (Wildman–Crippen LogP) is 3.20. The first-order valence-electron chi connectivity index (χ1n) is 7.22. The van der Waals surface area contributed by atoms with Gasteiger partial charge < -0.3 is 24.7 Å². The Morgan fingerprint density at radius 2 is 2.04 bits per heavy atom. The molecule has 3 N–H and O–H groups in total. The quantitative estimate of drug-likeness (QED) is 0.630. The topological polar surface area (TPSA) is 91.8 Å². The number of Topliss-reactive ketones (excluding diaryl/α,β-unsaturated/α-hetero) is 1. The van der Waals surface area contributed by atoms with E-state index in [9.17, 15) is 15.0 Å². The van der Waals surface area contributed by atoms with Gasteiger partial charge >= 0.3 is 0 Å². The average molecular weight is 323 g/mol. The first-order valence-corrected chi connectivity index (χ1v) is 7.22. The number of phenolic OH excluding ortho intramolecular Hbond substituents is 2. The number of aromatic nitrogens is 1. The Balaban J connectivity index is 1.78. The van der Waals surface area contributed by atoms with Gasteiger partial charge in [0.25, 0.3) is 0 Å². The van der Waals surface area contributed by atoms with Crippen LogP contribution in [0.3, 0.4) is 0 Å². The number of rotatable bonds is 2. The van der Waals surface area contributed by atoms with Crippen LogP contribution in [0.15, 0.2) is 42.3 Å². The van der Waals surface area contributed by atoms with Crippen LogP contribution >= 0.6 is 0 Å². The van der Waals surface area contributed by atoms with Crippen LogP contribution in [0.25, 0.3) is 17.0 Å². The molecule has 0 bridgehead atoms. The summed E-state index contributed by atoms with van der Waals surface area (Å²) in [5.74, 6) is 0.0596. The molecule has 2 aromatic carbocycles. The molecule has 0 saturated heterocycles. The molecule has 6 heteroatoms. The lowest BCUT2D eigenvalue weighted by Gasteiger charge is -2.00. The fourth-order valence-corrected chi connectivity index (χ4v) is 2.79. The molecule has 0 unspecified atom stereocenters. The number of fused-ring (bicyclic) bond motifs is 2. The molecule has 0 spiro atoms. The van der Waals surface area contributed by atoms with Crippen molar-refractivity contribution in [2.24, 2.45) is 0 Å². The third kappa shape index (κ3) is 2.08. The summed E-state index contributed by atoms with van der Waals surface area (Å²) < 4.78 is 10.7. The van der Waals surface area contributed by atoms with Gasteiger partial charge in [-0.2, -0.15) is 0 Å². The highest BCUT2D eigenvalue weighted by molar-refractivity contribution is 6.16.